The number of amides is 3. The molecule has 1 fully saturated rings. The molecule has 1 aliphatic rings. The molecule has 0 aromatic rings. The van der Waals surface area contributed by atoms with E-state index in [1.807, 2.05) is 0 Å². The molecular formula is C7H10N3O3. The van der Waals surface area contributed by atoms with Gasteiger partial charge in [-0.2, -0.15) is 0 Å². The fraction of sp³-hybridized carbons (Fsp3) is 0.571. The molecule has 0 atom stereocenters. The van der Waals surface area contributed by atoms with Gasteiger partial charge in [0.05, 0.1) is 6.54 Å². The van der Waals surface area contributed by atoms with Crippen LogP contribution < -0.4 is 5.43 Å². The second-order valence-corrected chi connectivity index (χ2v) is 2.53. The Morgan fingerprint density at radius 3 is 2.62 bits per heavy atom. The van der Waals surface area contributed by atoms with Crippen LogP contribution in [0.4, 0.5) is 0 Å². The highest BCUT2D eigenvalue weighted by atomic mass is 16.2. The summed E-state index contributed by atoms with van der Waals surface area (Å²) in [5.41, 5.74) is 3.24. The second-order valence-electron chi connectivity index (χ2n) is 2.53. The Morgan fingerprint density at radius 2 is 2.08 bits per heavy atom. The first kappa shape index (κ1) is 9.50. The summed E-state index contributed by atoms with van der Waals surface area (Å²) in [7, 11) is 0. The molecule has 0 unspecified atom stereocenters. The lowest BCUT2D eigenvalue weighted by Gasteiger charge is -2.30. The lowest BCUT2D eigenvalue weighted by Crippen LogP contribution is -2.56. The van der Waals surface area contributed by atoms with E-state index < -0.39 is 11.8 Å². The quantitative estimate of drug-likeness (QED) is 0.390. The Kier molecular flexibility index (Phi) is 2.84. The summed E-state index contributed by atoms with van der Waals surface area (Å²) >= 11 is 0. The van der Waals surface area contributed by atoms with Crippen molar-refractivity contribution in [3.63, 3.8) is 0 Å². The molecule has 0 N–H and O–H groups in total. The van der Waals surface area contributed by atoms with E-state index in [0.717, 1.165) is 5.01 Å². The third-order valence-electron chi connectivity index (χ3n) is 1.85. The maximum absolute atomic E-state index is 11.2. The smallest absolute Gasteiger partial charge is 0.332 e. The largest absolute Gasteiger partial charge is 0.333 e. The number of hydrogen-bond donors (Lipinski definition) is 0. The average Bonchev–Trinajstić information content (AvgIpc) is 2.14. The summed E-state index contributed by atoms with van der Waals surface area (Å²) in [5.74, 6) is -1.33. The van der Waals surface area contributed by atoms with Crippen LogP contribution >= 0.6 is 0 Å². The third-order valence-corrected chi connectivity index (χ3v) is 1.85. The minimum absolute atomic E-state index is 0.257. The molecular weight excluding hydrogens is 174 g/mol. The van der Waals surface area contributed by atoms with Crippen LogP contribution in [0.25, 0.3) is 0 Å². The van der Waals surface area contributed by atoms with Crippen LogP contribution in [0.3, 0.4) is 0 Å². The monoisotopic (exact) mass is 184 g/mol. The van der Waals surface area contributed by atoms with Gasteiger partial charge in [0.2, 0.25) is 0 Å². The first-order valence-electron chi connectivity index (χ1n) is 3.96. The van der Waals surface area contributed by atoms with Crippen LogP contribution in [-0.4, -0.2) is 47.8 Å². The van der Waals surface area contributed by atoms with Crippen molar-refractivity contribution in [1.82, 2.24) is 15.3 Å². The molecule has 1 aliphatic heterocycles. The number of likely N-dealkylation sites (N-methyl/N-ethyl adjacent to an activating group) is 1. The molecule has 3 amide bonds. The first-order valence-corrected chi connectivity index (χ1v) is 3.96. The van der Waals surface area contributed by atoms with Gasteiger partial charge in [0.15, 0.2) is 0 Å². The SMILES string of the molecule is CCN1CCN([N]C=O)C(=O)C1=O. The van der Waals surface area contributed by atoms with Crippen molar-refractivity contribution >= 4 is 18.2 Å². The number of piperazine rings is 1. The third kappa shape index (κ3) is 1.77. The highest BCUT2D eigenvalue weighted by Crippen LogP contribution is 2.01. The summed E-state index contributed by atoms with van der Waals surface area (Å²) in [6.45, 7) is 3.01. The van der Waals surface area contributed by atoms with E-state index in [-0.39, 0.29) is 13.0 Å². The average molecular weight is 184 g/mol. The maximum atomic E-state index is 11.2. The van der Waals surface area contributed by atoms with Crippen molar-refractivity contribution in [3.8, 4) is 0 Å². The molecule has 0 saturated carbocycles. The number of hydrogen-bond acceptors (Lipinski definition) is 3. The number of carbonyl (C=O) groups is 3. The number of rotatable bonds is 3. The Balaban J connectivity index is 2.64. The highest BCUT2D eigenvalue weighted by molar-refractivity contribution is 6.35. The molecule has 0 aromatic heterocycles. The molecule has 71 valence electrons. The summed E-state index contributed by atoms with van der Waals surface area (Å²) in [6, 6.07) is 0. The zero-order valence-corrected chi connectivity index (χ0v) is 7.27. The van der Waals surface area contributed by atoms with Crippen LogP contribution in [-0.2, 0) is 14.4 Å². The van der Waals surface area contributed by atoms with E-state index >= 15 is 0 Å². The van der Waals surface area contributed by atoms with Crippen molar-refractivity contribution in [2.75, 3.05) is 19.6 Å². The minimum atomic E-state index is -0.736. The summed E-state index contributed by atoms with van der Waals surface area (Å²) in [6.07, 6.45) is 0.257. The normalized spacial score (nSPS) is 17.6. The zero-order valence-electron chi connectivity index (χ0n) is 7.27. The van der Waals surface area contributed by atoms with Crippen molar-refractivity contribution in [1.29, 1.82) is 0 Å². The Labute approximate surface area is 75.4 Å². The molecule has 0 aromatic carbocycles. The van der Waals surface area contributed by atoms with Crippen LogP contribution in [0.2, 0.25) is 0 Å². The molecule has 1 radical (unpaired) electrons. The van der Waals surface area contributed by atoms with Crippen molar-refractivity contribution in [2.45, 2.75) is 6.92 Å². The molecule has 6 heteroatoms. The van der Waals surface area contributed by atoms with Gasteiger partial charge in [-0.15, -0.1) is 5.43 Å². The maximum Gasteiger partial charge on any atom is 0.332 e. The molecule has 1 heterocycles. The predicted molar refractivity (Wildman–Crippen MR) is 42.2 cm³/mol. The predicted octanol–water partition coefficient (Wildman–Crippen LogP) is -1.65. The molecule has 0 bridgehead atoms. The van der Waals surface area contributed by atoms with Crippen molar-refractivity contribution in [2.24, 2.45) is 0 Å². The van der Waals surface area contributed by atoms with Crippen LogP contribution in [0.1, 0.15) is 6.92 Å². The number of carbonyl (C=O) groups excluding carboxylic acids is 3. The van der Waals surface area contributed by atoms with E-state index in [1.54, 1.807) is 6.92 Å². The highest BCUT2D eigenvalue weighted by Gasteiger charge is 2.32. The lowest BCUT2D eigenvalue weighted by atomic mass is 10.3. The lowest BCUT2D eigenvalue weighted by molar-refractivity contribution is -0.159. The van der Waals surface area contributed by atoms with Gasteiger partial charge < -0.3 is 4.90 Å². The van der Waals surface area contributed by atoms with Crippen molar-refractivity contribution < 1.29 is 14.4 Å². The van der Waals surface area contributed by atoms with Gasteiger partial charge in [0, 0.05) is 13.1 Å². The standard InChI is InChI=1S/C7H10N3O3/c1-2-9-3-4-10(8-5-11)7(13)6(9)12/h5H,2-4H2,1H3. The molecule has 13 heavy (non-hydrogen) atoms. The van der Waals surface area contributed by atoms with E-state index in [1.165, 1.54) is 4.90 Å². The van der Waals surface area contributed by atoms with E-state index in [2.05, 4.69) is 5.43 Å². The first-order chi connectivity index (χ1) is 6.20. The van der Waals surface area contributed by atoms with E-state index in [9.17, 15) is 14.4 Å². The van der Waals surface area contributed by atoms with Gasteiger partial charge >= 0.3 is 11.8 Å². The summed E-state index contributed by atoms with van der Waals surface area (Å²) in [4.78, 5) is 33.8. The topological polar surface area (TPSA) is 71.8 Å². The molecule has 6 nitrogen and oxygen atoms in total. The Hall–Kier alpha value is -1.59. The van der Waals surface area contributed by atoms with Gasteiger partial charge in [-0.05, 0) is 6.92 Å². The van der Waals surface area contributed by atoms with Gasteiger partial charge in [0.25, 0.3) is 6.41 Å². The molecule has 1 saturated heterocycles. The fourth-order valence-electron chi connectivity index (χ4n) is 1.13. The summed E-state index contributed by atoms with van der Waals surface area (Å²) < 4.78 is 0. The number of nitrogens with zero attached hydrogens (tertiary/aromatic N) is 3. The van der Waals surface area contributed by atoms with Crippen molar-refractivity contribution in [3.05, 3.63) is 0 Å². The summed E-state index contributed by atoms with van der Waals surface area (Å²) in [5, 5.41) is 0.890. The molecule has 0 aliphatic carbocycles. The van der Waals surface area contributed by atoms with Gasteiger partial charge in [-0.25, -0.2) is 5.01 Å². The molecule has 0 spiro atoms. The van der Waals surface area contributed by atoms with Gasteiger partial charge in [-0.1, -0.05) is 0 Å². The zero-order chi connectivity index (χ0) is 9.84. The fourth-order valence-corrected chi connectivity index (χ4v) is 1.13. The van der Waals surface area contributed by atoms with E-state index in [0.29, 0.717) is 13.1 Å². The Bertz CT molecular complexity index is 241. The minimum Gasteiger partial charge on any atom is -0.333 e. The van der Waals surface area contributed by atoms with Crippen LogP contribution in [0.15, 0.2) is 0 Å². The van der Waals surface area contributed by atoms with Gasteiger partial charge in [-0.3, -0.25) is 14.4 Å². The van der Waals surface area contributed by atoms with Crippen LogP contribution in [0, 0.1) is 0 Å². The van der Waals surface area contributed by atoms with E-state index in [4.69, 9.17) is 0 Å². The second kappa shape index (κ2) is 3.88. The van der Waals surface area contributed by atoms with Gasteiger partial charge in [0.1, 0.15) is 0 Å². The van der Waals surface area contributed by atoms with Crippen LogP contribution in [0.5, 0.6) is 0 Å². The Morgan fingerprint density at radius 1 is 1.38 bits per heavy atom. The molecule has 1 rings (SSSR count).